The molecule has 3 rings (SSSR count). The van der Waals surface area contributed by atoms with Crippen molar-refractivity contribution in [2.24, 2.45) is 5.92 Å². The molecule has 1 atom stereocenters. The molecular weight excluding hydrogens is 384 g/mol. The first-order valence-corrected chi connectivity index (χ1v) is 9.76. The Hall–Kier alpha value is -3.55. The maximum atomic E-state index is 12.4. The number of ether oxygens (including phenoxy) is 1. The van der Waals surface area contributed by atoms with E-state index in [2.05, 4.69) is 29.5 Å². The number of carbonyl (C=O) groups excluding carboxylic acids is 2. The number of hydrogen-bond acceptors (Lipinski definition) is 6. The predicted octanol–water partition coefficient (Wildman–Crippen LogP) is 2.24. The quantitative estimate of drug-likeness (QED) is 0.574. The predicted molar refractivity (Wildman–Crippen MR) is 112 cm³/mol. The summed E-state index contributed by atoms with van der Waals surface area (Å²) < 4.78 is 5.96. The lowest BCUT2D eigenvalue weighted by molar-refractivity contribution is -0.149. The van der Waals surface area contributed by atoms with E-state index in [9.17, 15) is 14.4 Å². The Bertz CT molecular complexity index is 1080. The largest absolute Gasteiger partial charge is 0.454 e. The zero-order chi connectivity index (χ0) is 21.5. The molecule has 1 unspecified atom stereocenters. The van der Waals surface area contributed by atoms with Crippen LogP contribution in [0.1, 0.15) is 31.9 Å². The van der Waals surface area contributed by atoms with Crippen molar-refractivity contribution >= 4 is 22.8 Å². The number of amides is 1. The molecule has 0 fully saturated rings. The van der Waals surface area contributed by atoms with Gasteiger partial charge in [0.25, 0.3) is 11.5 Å². The number of aromatic nitrogens is 3. The van der Waals surface area contributed by atoms with Crippen molar-refractivity contribution in [3.05, 3.63) is 70.5 Å². The van der Waals surface area contributed by atoms with Gasteiger partial charge in [0, 0.05) is 0 Å². The summed E-state index contributed by atoms with van der Waals surface area (Å²) in [6.07, 6.45) is 0.756. The van der Waals surface area contributed by atoms with Gasteiger partial charge in [-0.2, -0.15) is 4.68 Å². The number of nitrogens with zero attached hydrogens (tertiary/aromatic N) is 3. The summed E-state index contributed by atoms with van der Waals surface area (Å²) in [5.74, 6) is -0.775. The van der Waals surface area contributed by atoms with Crippen molar-refractivity contribution in [3.63, 3.8) is 0 Å². The van der Waals surface area contributed by atoms with Crippen LogP contribution in [-0.2, 0) is 20.9 Å². The zero-order valence-corrected chi connectivity index (χ0v) is 16.9. The molecule has 0 saturated carbocycles. The summed E-state index contributed by atoms with van der Waals surface area (Å²) in [7, 11) is 0. The summed E-state index contributed by atoms with van der Waals surface area (Å²) in [6, 6.07) is 16.2. The summed E-state index contributed by atoms with van der Waals surface area (Å²) >= 11 is 0. The van der Waals surface area contributed by atoms with Crippen LogP contribution in [0.3, 0.4) is 0 Å². The first kappa shape index (κ1) is 21.2. The van der Waals surface area contributed by atoms with E-state index in [4.69, 9.17) is 4.74 Å². The highest BCUT2D eigenvalue weighted by molar-refractivity contribution is 5.81. The van der Waals surface area contributed by atoms with E-state index in [0.29, 0.717) is 16.8 Å². The average molecular weight is 408 g/mol. The topological polar surface area (TPSA) is 103 Å². The van der Waals surface area contributed by atoms with Crippen LogP contribution < -0.4 is 10.9 Å². The van der Waals surface area contributed by atoms with Gasteiger partial charge in [0.05, 0.1) is 11.4 Å². The van der Waals surface area contributed by atoms with Gasteiger partial charge in [-0.05, 0) is 30.0 Å². The van der Waals surface area contributed by atoms with E-state index in [-0.39, 0.29) is 6.04 Å². The molecule has 30 heavy (non-hydrogen) atoms. The molecule has 0 radical (unpaired) electrons. The van der Waals surface area contributed by atoms with Crippen LogP contribution in [0.4, 0.5) is 0 Å². The van der Waals surface area contributed by atoms with E-state index in [1.807, 2.05) is 30.3 Å². The van der Waals surface area contributed by atoms with Crippen LogP contribution in [0.2, 0.25) is 0 Å². The smallest absolute Gasteiger partial charge is 0.328 e. The zero-order valence-electron chi connectivity index (χ0n) is 16.9. The second-order valence-corrected chi connectivity index (χ2v) is 7.39. The number of rotatable bonds is 8. The standard InChI is InChI=1S/C22H24N4O4/c1-15(2)12-19(16-8-4-3-5-9-16)23-20(27)14-30-21(28)13-26-22(29)17-10-6-7-11-18(17)24-25-26/h3-11,15,19H,12-14H2,1-2H3,(H,23,27). The SMILES string of the molecule is CC(C)CC(NC(=O)COC(=O)Cn1nnc2ccccc2c1=O)c1ccccc1. The molecule has 3 aromatic rings. The van der Waals surface area contributed by atoms with E-state index < -0.39 is 30.6 Å². The molecule has 0 bridgehead atoms. The average Bonchev–Trinajstić information content (AvgIpc) is 2.74. The van der Waals surface area contributed by atoms with Gasteiger partial charge >= 0.3 is 5.97 Å². The van der Waals surface area contributed by atoms with Crippen LogP contribution in [0, 0.1) is 5.92 Å². The molecule has 0 aliphatic carbocycles. The molecule has 0 aliphatic heterocycles. The van der Waals surface area contributed by atoms with Crippen molar-refractivity contribution in [2.75, 3.05) is 6.61 Å². The van der Waals surface area contributed by atoms with Crippen LogP contribution in [-0.4, -0.2) is 33.5 Å². The third kappa shape index (κ3) is 5.50. The lowest BCUT2D eigenvalue weighted by Crippen LogP contribution is -2.34. The Morgan fingerprint density at radius 2 is 1.77 bits per heavy atom. The van der Waals surface area contributed by atoms with Crippen LogP contribution in [0.25, 0.3) is 10.9 Å². The van der Waals surface area contributed by atoms with Gasteiger partial charge in [-0.25, -0.2) is 0 Å². The minimum absolute atomic E-state index is 0.175. The number of nitrogens with one attached hydrogen (secondary N) is 1. The van der Waals surface area contributed by atoms with E-state index >= 15 is 0 Å². The molecule has 8 nitrogen and oxygen atoms in total. The Morgan fingerprint density at radius 3 is 2.50 bits per heavy atom. The van der Waals surface area contributed by atoms with Crippen LogP contribution in [0.15, 0.2) is 59.4 Å². The van der Waals surface area contributed by atoms with Crippen molar-refractivity contribution in [1.29, 1.82) is 0 Å². The lowest BCUT2D eigenvalue weighted by atomic mass is 9.97. The minimum atomic E-state index is -0.739. The van der Waals surface area contributed by atoms with Crippen molar-refractivity contribution in [1.82, 2.24) is 20.3 Å². The highest BCUT2D eigenvalue weighted by Crippen LogP contribution is 2.20. The van der Waals surface area contributed by atoms with Gasteiger partial charge in [0.2, 0.25) is 0 Å². The Morgan fingerprint density at radius 1 is 1.07 bits per heavy atom. The normalized spacial score (nSPS) is 12.0. The van der Waals surface area contributed by atoms with Crippen molar-refractivity contribution in [3.8, 4) is 0 Å². The third-order valence-electron chi connectivity index (χ3n) is 4.52. The van der Waals surface area contributed by atoms with Gasteiger partial charge in [-0.1, -0.05) is 61.5 Å². The second-order valence-electron chi connectivity index (χ2n) is 7.39. The maximum absolute atomic E-state index is 12.4. The number of hydrogen-bond donors (Lipinski definition) is 1. The van der Waals surface area contributed by atoms with Gasteiger partial charge in [0.1, 0.15) is 12.1 Å². The molecule has 1 heterocycles. The molecule has 156 valence electrons. The van der Waals surface area contributed by atoms with Crippen LogP contribution in [0.5, 0.6) is 0 Å². The Kier molecular flexibility index (Phi) is 6.90. The number of benzene rings is 2. The molecule has 2 aromatic carbocycles. The van der Waals surface area contributed by atoms with Crippen molar-refractivity contribution in [2.45, 2.75) is 32.9 Å². The first-order chi connectivity index (χ1) is 14.4. The molecule has 1 N–H and O–H groups in total. The van der Waals surface area contributed by atoms with Crippen molar-refractivity contribution < 1.29 is 14.3 Å². The number of carbonyl (C=O) groups is 2. The molecule has 8 heteroatoms. The number of esters is 1. The lowest BCUT2D eigenvalue weighted by Gasteiger charge is -2.21. The first-order valence-electron chi connectivity index (χ1n) is 9.76. The highest BCUT2D eigenvalue weighted by Gasteiger charge is 2.18. The fourth-order valence-electron chi connectivity index (χ4n) is 3.11. The summed E-state index contributed by atoms with van der Waals surface area (Å²) in [4.78, 5) is 36.8. The molecule has 0 saturated heterocycles. The fourth-order valence-corrected chi connectivity index (χ4v) is 3.11. The highest BCUT2D eigenvalue weighted by atomic mass is 16.5. The van der Waals surface area contributed by atoms with E-state index in [0.717, 1.165) is 16.7 Å². The molecule has 1 amide bonds. The molecule has 0 aliphatic rings. The van der Waals surface area contributed by atoms with E-state index in [1.165, 1.54) is 0 Å². The third-order valence-corrected chi connectivity index (χ3v) is 4.52. The summed E-state index contributed by atoms with van der Waals surface area (Å²) in [5, 5.41) is 10.9. The van der Waals surface area contributed by atoms with Gasteiger partial charge in [-0.3, -0.25) is 14.4 Å². The monoisotopic (exact) mass is 408 g/mol. The summed E-state index contributed by atoms with van der Waals surface area (Å²) in [6.45, 7) is 3.29. The van der Waals surface area contributed by atoms with Crippen LogP contribution >= 0.6 is 0 Å². The Labute approximate surface area is 173 Å². The van der Waals surface area contributed by atoms with Gasteiger partial charge < -0.3 is 10.1 Å². The van der Waals surface area contributed by atoms with E-state index in [1.54, 1.807) is 24.3 Å². The molecular formula is C22H24N4O4. The minimum Gasteiger partial charge on any atom is -0.454 e. The number of fused-ring (bicyclic) bond motifs is 1. The second kappa shape index (κ2) is 9.78. The molecule has 0 spiro atoms. The summed E-state index contributed by atoms with van der Waals surface area (Å²) in [5.41, 5.74) is 0.996. The fraction of sp³-hybridized carbons (Fsp3) is 0.318. The van der Waals surface area contributed by atoms with Gasteiger partial charge in [-0.15, -0.1) is 5.10 Å². The Balaban J connectivity index is 1.58. The van der Waals surface area contributed by atoms with Gasteiger partial charge in [0.15, 0.2) is 6.61 Å². The molecule has 1 aromatic heterocycles. The maximum Gasteiger partial charge on any atom is 0.328 e.